The molecular weight excluding hydrogens is 212 g/mol. The molecule has 0 heterocycles. The summed E-state index contributed by atoms with van der Waals surface area (Å²) in [6.07, 6.45) is 12.5. The van der Waals surface area contributed by atoms with Crippen LogP contribution in [0.4, 0.5) is 0 Å². The number of rotatable bonds is 4. The van der Waals surface area contributed by atoms with E-state index in [0.717, 1.165) is 11.8 Å². The first kappa shape index (κ1) is 13.1. The summed E-state index contributed by atoms with van der Waals surface area (Å²) in [6.45, 7) is 1.95. The van der Waals surface area contributed by atoms with Crippen LogP contribution in [0.25, 0.3) is 0 Å². The Morgan fingerprint density at radius 3 is 2.35 bits per heavy atom. The summed E-state index contributed by atoms with van der Waals surface area (Å²) >= 11 is 0. The molecule has 2 unspecified atom stereocenters. The highest BCUT2D eigenvalue weighted by Gasteiger charge is 2.33. The summed E-state index contributed by atoms with van der Waals surface area (Å²) in [7, 11) is 0. The standard InChI is InChI=1S/C15H26O2/c1-12(16)11-17-15-10-6-5-9-14(15)13-7-3-2-4-8-13/h13-15H,2-11H2,1H3. The third kappa shape index (κ3) is 3.80. The molecule has 0 aromatic heterocycles. The molecule has 2 aliphatic rings. The minimum atomic E-state index is 0.165. The molecule has 0 aromatic rings. The highest BCUT2D eigenvalue weighted by atomic mass is 16.5. The first-order chi connectivity index (χ1) is 8.27. The largest absolute Gasteiger partial charge is 0.370 e. The lowest BCUT2D eigenvalue weighted by atomic mass is 9.72. The van der Waals surface area contributed by atoms with E-state index in [2.05, 4.69) is 0 Å². The van der Waals surface area contributed by atoms with Crippen molar-refractivity contribution in [1.82, 2.24) is 0 Å². The molecule has 0 N–H and O–H groups in total. The van der Waals surface area contributed by atoms with E-state index in [4.69, 9.17) is 4.74 Å². The molecule has 2 rings (SSSR count). The van der Waals surface area contributed by atoms with Crippen LogP contribution in [-0.4, -0.2) is 18.5 Å². The van der Waals surface area contributed by atoms with E-state index in [1.54, 1.807) is 6.92 Å². The summed E-state index contributed by atoms with van der Waals surface area (Å²) in [5, 5.41) is 0. The number of carbonyl (C=O) groups is 1. The van der Waals surface area contributed by atoms with Crippen molar-refractivity contribution in [3.8, 4) is 0 Å². The van der Waals surface area contributed by atoms with Crippen LogP contribution in [0.2, 0.25) is 0 Å². The fraction of sp³-hybridized carbons (Fsp3) is 0.933. The monoisotopic (exact) mass is 238 g/mol. The molecule has 2 atom stereocenters. The molecule has 0 spiro atoms. The van der Waals surface area contributed by atoms with Crippen molar-refractivity contribution in [2.75, 3.05) is 6.61 Å². The molecule has 2 aliphatic carbocycles. The van der Waals surface area contributed by atoms with Gasteiger partial charge in [0.2, 0.25) is 0 Å². The second-order valence-corrected chi connectivity index (χ2v) is 5.90. The van der Waals surface area contributed by atoms with Crippen molar-refractivity contribution >= 4 is 5.78 Å². The van der Waals surface area contributed by atoms with Gasteiger partial charge >= 0.3 is 0 Å². The van der Waals surface area contributed by atoms with Crippen LogP contribution in [-0.2, 0) is 9.53 Å². The molecule has 0 bridgehead atoms. The van der Waals surface area contributed by atoms with Crippen LogP contribution in [0.5, 0.6) is 0 Å². The Balaban J connectivity index is 1.88. The minimum Gasteiger partial charge on any atom is -0.370 e. The fourth-order valence-electron chi connectivity index (χ4n) is 3.66. The van der Waals surface area contributed by atoms with Gasteiger partial charge in [0.1, 0.15) is 6.61 Å². The maximum Gasteiger partial charge on any atom is 0.155 e. The van der Waals surface area contributed by atoms with Gasteiger partial charge in [0, 0.05) is 0 Å². The van der Waals surface area contributed by atoms with E-state index < -0.39 is 0 Å². The van der Waals surface area contributed by atoms with Gasteiger partial charge in [0.15, 0.2) is 5.78 Å². The lowest BCUT2D eigenvalue weighted by molar-refractivity contribution is -0.126. The number of hydrogen-bond donors (Lipinski definition) is 0. The number of Topliss-reactive ketones (excluding diaryl/α,β-unsaturated/α-hetero) is 1. The zero-order chi connectivity index (χ0) is 12.1. The van der Waals surface area contributed by atoms with Gasteiger partial charge < -0.3 is 4.74 Å². The number of ether oxygens (including phenoxy) is 1. The van der Waals surface area contributed by atoms with Gasteiger partial charge in [-0.15, -0.1) is 0 Å². The first-order valence-electron chi connectivity index (χ1n) is 7.38. The van der Waals surface area contributed by atoms with Crippen LogP contribution in [0.3, 0.4) is 0 Å². The van der Waals surface area contributed by atoms with Gasteiger partial charge in [-0.1, -0.05) is 44.9 Å². The molecule has 2 fully saturated rings. The van der Waals surface area contributed by atoms with Gasteiger partial charge in [-0.25, -0.2) is 0 Å². The Morgan fingerprint density at radius 2 is 1.65 bits per heavy atom. The topological polar surface area (TPSA) is 26.3 Å². The SMILES string of the molecule is CC(=O)COC1CCCCC1C1CCCCC1. The maximum atomic E-state index is 11.0. The van der Waals surface area contributed by atoms with Crippen molar-refractivity contribution in [1.29, 1.82) is 0 Å². The fourth-order valence-corrected chi connectivity index (χ4v) is 3.66. The number of ketones is 1. The Morgan fingerprint density at radius 1 is 1.00 bits per heavy atom. The second-order valence-electron chi connectivity index (χ2n) is 5.90. The molecule has 0 amide bonds. The van der Waals surface area contributed by atoms with Gasteiger partial charge in [0.05, 0.1) is 6.10 Å². The molecule has 0 aliphatic heterocycles. The van der Waals surface area contributed by atoms with E-state index in [-0.39, 0.29) is 5.78 Å². The van der Waals surface area contributed by atoms with Crippen LogP contribution in [0.1, 0.15) is 64.7 Å². The second kappa shape index (κ2) is 6.53. The zero-order valence-electron chi connectivity index (χ0n) is 11.1. The van der Waals surface area contributed by atoms with Crippen LogP contribution in [0.15, 0.2) is 0 Å². The zero-order valence-corrected chi connectivity index (χ0v) is 11.1. The molecule has 0 aromatic carbocycles. The third-order valence-corrected chi connectivity index (χ3v) is 4.51. The van der Waals surface area contributed by atoms with Gasteiger partial charge in [-0.3, -0.25) is 4.79 Å². The number of hydrogen-bond acceptors (Lipinski definition) is 2. The maximum absolute atomic E-state index is 11.0. The van der Waals surface area contributed by atoms with Gasteiger partial charge in [-0.05, 0) is 31.6 Å². The Kier molecular flexibility index (Phi) is 5.02. The summed E-state index contributed by atoms with van der Waals surface area (Å²) in [5.41, 5.74) is 0. The van der Waals surface area contributed by atoms with Crippen LogP contribution in [0, 0.1) is 11.8 Å². The highest BCUT2D eigenvalue weighted by Crippen LogP contribution is 2.39. The van der Waals surface area contributed by atoms with E-state index in [1.165, 1.54) is 57.8 Å². The Bertz CT molecular complexity index is 243. The molecule has 17 heavy (non-hydrogen) atoms. The van der Waals surface area contributed by atoms with Crippen LogP contribution < -0.4 is 0 Å². The normalized spacial score (nSPS) is 31.4. The average Bonchev–Trinajstić information content (AvgIpc) is 2.38. The van der Waals surface area contributed by atoms with E-state index in [0.29, 0.717) is 12.7 Å². The summed E-state index contributed by atoms with van der Waals surface area (Å²) in [6, 6.07) is 0. The molecule has 0 radical (unpaired) electrons. The minimum absolute atomic E-state index is 0.165. The highest BCUT2D eigenvalue weighted by molar-refractivity contribution is 5.76. The lowest BCUT2D eigenvalue weighted by Crippen LogP contribution is -2.35. The van der Waals surface area contributed by atoms with Crippen molar-refractivity contribution in [3.05, 3.63) is 0 Å². The van der Waals surface area contributed by atoms with Gasteiger partial charge in [0.25, 0.3) is 0 Å². The van der Waals surface area contributed by atoms with E-state index in [9.17, 15) is 4.79 Å². The number of carbonyl (C=O) groups excluding carboxylic acids is 1. The smallest absolute Gasteiger partial charge is 0.155 e. The van der Waals surface area contributed by atoms with Crippen molar-refractivity contribution in [3.63, 3.8) is 0 Å². The predicted molar refractivity (Wildman–Crippen MR) is 69.0 cm³/mol. The molecular formula is C15H26O2. The molecule has 2 nitrogen and oxygen atoms in total. The van der Waals surface area contributed by atoms with E-state index in [1.807, 2.05) is 0 Å². The van der Waals surface area contributed by atoms with Crippen LogP contribution >= 0.6 is 0 Å². The Labute approximate surface area is 105 Å². The predicted octanol–water partition coefficient (Wildman–Crippen LogP) is 3.73. The molecule has 2 heteroatoms. The molecule has 2 saturated carbocycles. The lowest BCUT2D eigenvalue weighted by Gasteiger charge is -2.38. The summed E-state index contributed by atoms with van der Waals surface area (Å²) < 4.78 is 5.86. The third-order valence-electron chi connectivity index (χ3n) is 4.51. The molecule has 98 valence electrons. The van der Waals surface area contributed by atoms with Crippen molar-refractivity contribution in [2.24, 2.45) is 11.8 Å². The van der Waals surface area contributed by atoms with Gasteiger partial charge in [-0.2, -0.15) is 0 Å². The quantitative estimate of drug-likeness (QED) is 0.746. The van der Waals surface area contributed by atoms with Crippen molar-refractivity contribution < 1.29 is 9.53 Å². The summed E-state index contributed by atoms with van der Waals surface area (Å²) in [4.78, 5) is 11.0. The van der Waals surface area contributed by atoms with Crippen molar-refractivity contribution in [2.45, 2.75) is 70.8 Å². The average molecular weight is 238 g/mol. The Hall–Kier alpha value is -0.370. The first-order valence-corrected chi connectivity index (χ1v) is 7.38. The summed E-state index contributed by atoms with van der Waals surface area (Å²) in [5.74, 6) is 1.78. The molecule has 0 saturated heterocycles. The van der Waals surface area contributed by atoms with E-state index >= 15 is 0 Å².